The van der Waals surface area contributed by atoms with Gasteiger partial charge in [-0.1, -0.05) is 26.3 Å². The second-order valence-electron chi connectivity index (χ2n) is 6.50. The van der Waals surface area contributed by atoms with Gasteiger partial charge in [-0.05, 0) is 43.9 Å². The molecule has 1 aromatic carbocycles. The number of piperidine rings is 1. The summed E-state index contributed by atoms with van der Waals surface area (Å²) in [6.07, 6.45) is 2.86. The topological polar surface area (TPSA) is 66.5 Å². The number of rotatable bonds is 5. The van der Waals surface area contributed by atoms with Crippen molar-refractivity contribution in [2.24, 2.45) is 5.92 Å². The van der Waals surface area contributed by atoms with Crippen LogP contribution in [0.2, 0.25) is 0 Å². The summed E-state index contributed by atoms with van der Waals surface area (Å²) in [5.41, 5.74) is 0.385. The Balaban J connectivity index is 2.20. The van der Waals surface area contributed by atoms with Crippen molar-refractivity contribution in [3.63, 3.8) is 0 Å². The molecule has 128 valence electrons. The van der Waals surface area contributed by atoms with Gasteiger partial charge >= 0.3 is 0 Å². The van der Waals surface area contributed by atoms with E-state index in [1.165, 1.54) is 10.4 Å². The molecule has 1 heterocycles. The van der Waals surface area contributed by atoms with Crippen LogP contribution in [0.15, 0.2) is 29.2 Å². The SMILES string of the molecule is CC(C)[C@@H](C)NC(=O)c1cccc(S(=O)(=O)N2CCCCC2)c1. The molecule has 0 bridgehead atoms. The third-order valence-corrected chi connectivity index (χ3v) is 6.30. The van der Waals surface area contributed by atoms with E-state index in [1.54, 1.807) is 18.2 Å². The molecule has 1 aliphatic rings. The van der Waals surface area contributed by atoms with Crippen LogP contribution in [0.4, 0.5) is 0 Å². The van der Waals surface area contributed by atoms with E-state index in [2.05, 4.69) is 5.32 Å². The molecule has 0 aliphatic carbocycles. The van der Waals surface area contributed by atoms with Crippen LogP contribution in [0, 0.1) is 5.92 Å². The summed E-state index contributed by atoms with van der Waals surface area (Å²) in [5, 5.41) is 2.91. The van der Waals surface area contributed by atoms with Crippen molar-refractivity contribution in [3.8, 4) is 0 Å². The standard InChI is InChI=1S/C17H26N2O3S/c1-13(2)14(3)18-17(20)15-8-7-9-16(12-15)23(21,22)19-10-5-4-6-11-19/h7-9,12-14H,4-6,10-11H2,1-3H3,(H,18,20)/t14-/m1/s1. The van der Waals surface area contributed by atoms with Gasteiger partial charge in [0, 0.05) is 24.7 Å². The molecule has 1 atom stereocenters. The van der Waals surface area contributed by atoms with Crippen LogP contribution < -0.4 is 5.32 Å². The lowest BCUT2D eigenvalue weighted by Gasteiger charge is -2.26. The predicted octanol–water partition coefficient (Wildman–Crippen LogP) is 2.64. The largest absolute Gasteiger partial charge is 0.349 e. The van der Waals surface area contributed by atoms with Gasteiger partial charge in [-0.3, -0.25) is 4.79 Å². The van der Waals surface area contributed by atoms with Crippen LogP contribution in [-0.2, 0) is 10.0 Å². The van der Waals surface area contributed by atoms with E-state index in [1.807, 2.05) is 20.8 Å². The Morgan fingerprint density at radius 2 is 1.78 bits per heavy atom. The third kappa shape index (κ3) is 4.32. The van der Waals surface area contributed by atoms with Crippen molar-refractivity contribution in [2.75, 3.05) is 13.1 Å². The van der Waals surface area contributed by atoms with Crippen molar-refractivity contribution >= 4 is 15.9 Å². The van der Waals surface area contributed by atoms with Gasteiger partial charge in [0.1, 0.15) is 0 Å². The number of hydrogen-bond donors (Lipinski definition) is 1. The minimum Gasteiger partial charge on any atom is -0.349 e. The molecule has 0 radical (unpaired) electrons. The second kappa shape index (κ2) is 7.45. The Kier molecular flexibility index (Phi) is 5.81. The molecule has 0 spiro atoms. The highest BCUT2D eigenvalue weighted by Crippen LogP contribution is 2.21. The number of hydrogen-bond acceptors (Lipinski definition) is 3. The first-order chi connectivity index (χ1) is 10.8. The number of carbonyl (C=O) groups is 1. The fourth-order valence-corrected chi connectivity index (χ4v) is 4.07. The number of amides is 1. The molecule has 0 unspecified atom stereocenters. The van der Waals surface area contributed by atoms with Gasteiger partial charge in [-0.15, -0.1) is 0 Å². The lowest BCUT2D eigenvalue weighted by Crippen LogP contribution is -2.37. The fourth-order valence-electron chi connectivity index (χ4n) is 2.51. The van der Waals surface area contributed by atoms with E-state index in [4.69, 9.17) is 0 Å². The van der Waals surface area contributed by atoms with Crippen molar-refractivity contribution < 1.29 is 13.2 Å². The van der Waals surface area contributed by atoms with Crippen molar-refractivity contribution in [1.29, 1.82) is 0 Å². The molecule has 1 amide bonds. The van der Waals surface area contributed by atoms with E-state index < -0.39 is 10.0 Å². The number of nitrogens with one attached hydrogen (secondary N) is 1. The van der Waals surface area contributed by atoms with Crippen LogP contribution in [0.3, 0.4) is 0 Å². The molecule has 1 aromatic rings. The Morgan fingerprint density at radius 3 is 2.39 bits per heavy atom. The summed E-state index contributed by atoms with van der Waals surface area (Å²) in [6, 6.07) is 6.35. The fraction of sp³-hybridized carbons (Fsp3) is 0.588. The minimum absolute atomic E-state index is 0.0323. The molecule has 0 aromatic heterocycles. The smallest absolute Gasteiger partial charge is 0.251 e. The molecule has 1 N–H and O–H groups in total. The Morgan fingerprint density at radius 1 is 1.13 bits per heavy atom. The molecular weight excluding hydrogens is 312 g/mol. The summed E-state index contributed by atoms with van der Waals surface area (Å²) in [5.74, 6) is 0.0844. The van der Waals surface area contributed by atoms with Gasteiger partial charge in [0.2, 0.25) is 10.0 Å². The van der Waals surface area contributed by atoms with Crippen LogP contribution in [-0.4, -0.2) is 37.8 Å². The summed E-state index contributed by atoms with van der Waals surface area (Å²) >= 11 is 0. The van der Waals surface area contributed by atoms with Crippen LogP contribution in [0.25, 0.3) is 0 Å². The van der Waals surface area contributed by atoms with Crippen molar-refractivity contribution in [2.45, 2.75) is 51.0 Å². The first kappa shape index (κ1) is 17.9. The quantitative estimate of drug-likeness (QED) is 0.897. The zero-order valence-corrected chi connectivity index (χ0v) is 14.9. The van der Waals surface area contributed by atoms with Crippen LogP contribution in [0.1, 0.15) is 50.4 Å². The normalized spacial score (nSPS) is 17.9. The Bertz CT molecular complexity index is 650. The highest BCUT2D eigenvalue weighted by Gasteiger charge is 2.26. The number of carbonyl (C=O) groups excluding carboxylic acids is 1. The zero-order valence-electron chi connectivity index (χ0n) is 14.1. The van der Waals surface area contributed by atoms with Crippen LogP contribution >= 0.6 is 0 Å². The number of benzene rings is 1. The van der Waals surface area contributed by atoms with Gasteiger partial charge in [0.15, 0.2) is 0 Å². The molecule has 23 heavy (non-hydrogen) atoms. The van der Waals surface area contributed by atoms with Gasteiger partial charge in [-0.2, -0.15) is 4.31 Å². The molecule has 5 nitrogen and oxygen atoms in total. The maximum atomic E-state index is 12.7. The lowest BCUT2D eigenvalue weighted by molar-refractivity contribution is 0.0930. The predicted molar refractivity (Wildman–Crippen MR) is 90.8 cm³/mol. The average molecular weight is 338 g/mol. The van der Waals surface area contributed by atoms with Gasteiger partial charge in [0.25, 0.3) is 5.91 Å². The summed E-state index contributed by atoms with van der Waals surface area (Å²) < 4.78 is 26.9. The molecule has 1 fully saturated rings. The van der Waals surface area contributed by atoms with Crippen molar-refractivity contribution in [3.05, 3.63) is 29.8 Å². The van der Waals surface area contributed by atoms with E-state index in [9.17, 15) is 13.2 Å². The number of sulfonamides is 1. The minimum atomic E-state index is -3.51. The van der Waals surface area contributed by atoms with E-state index in [0.717, 1.165) is 19.3 Å². The second-order valence-corrected chi connectivity index (χ2v) is 8.44. The van der Waals surface area contributed by atoms with E-state index >= 15 is 0 Å². The molecule has 2 rings (SSSR count). The molecule has 6 heteroatoms. The first-order valence-corrected chi connectivity index (χ1v) is 9.67. The highest BCUT2D eigenvalue weighted by molar-refractivity contribution is 7.89. The van der Waals surface area contributed by atoms with Crippen molar-refractivity contribution in [1.82, 2.24) is 9.62 Å². The molecule has 0 saturated carbocycles. The first-order valence-electron chi connectivity index (χ1n) is 8.23. The monoisotopic (exact) mass is 338 g/mol. The Hall–Kier alpha value is -1.40. The van der Waals surface area contributed by atoms with Gasteiger partial charge in [-0.25, -0.2) is 8.42 Å². The van der Waals surface area contributed by atoms with E-state index in [0.29, 0.717) is 24.6 Å². The van der Waals surface area contributed by atoms with Gasteiger partial charge < -0.3 is 5.32 Å². The summed E-state index contributed by atoms with van der Waals surface area (Å²) in [4.78, 5) is 12.5. The Labute approximate surface area is 139 Å². The lowest BCUT2D eigenvalue weighted by atomic mass is 10.1. The van der Waals surface area contributed by atoms with Crippen LogP contribution in [0.5, 0.6) is 0 Å². The number of nitrogens with zero attached hydrogens (tertiary/aromatic N) is 1. The maximum absolute atomic E-state index is 12.7. The summed E-state index contributed by atoms with van der Waals surface area (Å²) in [7, 11) is -3.51. The maximum Gasteiger partial charge on any atom is 0.251 e. The van der Waals surface area contributed by atoms with Gasteiger partial charge in [0.05, 0.1) is 4.90 Å². The molecular formula is C17H26N2O3S. The molecule has 1 saturated heterocycles. The zero-order chi connectivity index (χ0) is 17.0. The molecule has 1 aliphatic heterocycles. The third-order valence-electron chi connectivity index (χ3n) is 4.41. The summed E-state index contributed by atoms with van der Waals surface area (Å²) in [6.45, 7) is 7.12. The van der Waals surface area contributed by atoms with E-state index in [-0.39, 0.29) is 16.8 Å². The highest BCUT2D eigenvalue weighted by atomic mass is 32.2. The average Bonchev–Trinajstić information content (AvgIpc) is 2.55.